The third kappa shape index (κ3) is 19.2. The quantitative estimate of drug-likeness (QED) is 0.0952. The molecule has 18 rings (SSSR count). The fourth-order valence-corrected chi connectivity index (χ4v) is 13.3. The molecule has 0 aliphatic rings. The van der Waals surface area contributed by atoms with E-state index in [4.69, 9.17) is 39.9 Å². The number of fused-ring (bicyclic) bond motifs is 6. The summed E-state index contributed by atoms with van der Waals surface area (Å²) in [5.41, 5.74) is 20.8. The highest BCUT2D eigenvalue weighted by molar-refractivity contribution is 6.05. The molecule has 12 nitrogen and oxygen atoms in total. The van der Waals surface area contributed by atoms with Crippen LogP contribution < -0.4 is 0 Å². The van der Waals surface area contributed by atoms with Crippen LogP contribution in [-0.4, -0.2) is 59.8 Å². The topological polar surface area (TPSA) is 155 Å². The van der Waals surface area contributed by atoms with Gasteiger partial charge in [-0.25, -0.2) is 59.8 Å². The molecule has 0 radical (unpaired) electrons. The van der Waals surface area contributed by atoms with Crippen molar-refractivity contribution in [2.24, 2.45) is 0 Å². The minimum Gasteiger partial charge on any atom is -0.249 e. The van der Waals surface area contributed by atoms with Gasteiger partial charge in [0.25, 0.3) is 0 Å². The Morgan fingerprint density at radius 3 is 0.817 bits per heavy atom. The molecule has 0 saturated heterocycles. The predicted octanol–water partition coefficient (Wildman–Crippen LogP) is 26.4. The van der Waals surface area contributed by atoms with Gasteiger partial charge in [0.1, 0.15) is 17.5 Å². The Balaban J connectivity index is 0.000000119. The van der Waals surface area contributed by atoms with E-state index >= 15 is 0 Å². The average molecular weight is 1500 g/mol. The molecule has 0 atom stereocenters. The first-order chi connectivity index (χ1) is 56.2. The molecule has 5 aromatic heterocycles. The third-order valence-electron chi connectivity index (χ3n) is 19.4. The van der Waals surface area contributed by atoms with Crippen molar-refractivity contribution >= 4 is 43.6 Å². The molecule has 13 aromatic carbocycles. The lowest BCUT2D eigenvalue weighted by atomic mass is 10.0. The Morgan fingerprint density at radius 2 is 0.452 bits per heavy atom. The third-order valence-corrected chi connectivity index (χ3v) is 19.4. The minimum absolute atomic E-state index is 0.234. The van der Waals surface area contributed by atoms with E-state index < -0.39 is 0 Å². The Bertz CT molecular complexity index is 5970. The molecule has 0 spiro atoms. The number of nitrogens with zero attached hydrogens (tertiary/aromatic N) is 12. The summed E-state index contributed by atoms with van der Waals surface area (Å²) < 4.78 is 0. The minimum atomic E-state index is 0.234. The Morgan fingerprint density at radius 1 is 0.183 bits per heavy atom. The molecular formula is C103H92N12. The summed E-state index contributed by atoms with van der Waals surface area (Å²) in [5.74, 6) is 6.86. The summed E-state index contributed by atoms with van der Waals surface area (Å²) in [7, 11) is 0. The molecule has 5 heterocycles. The van der Waals surface area contributed by atoms with Gasteiger partial charge in [-0.2, -0.15) is 0 Å². The highest BCUT2D eigenvalue weighted by Crippen LogP contribution is 2.35. The van der Waals surface area contributed by atoms with Gasteiger partial charge < -0.3 is 0 Å². The van der Waals surface area contributed by atoms with Crippen LogP contribution in [0.5, 0.6) is 0 Å². The average Bonchev–Trinajstić information content (AvgIpc) is 0.776. The fraction of sp³-hybridized carbons (Fsp3) is 0.146. The first kappa shape index (κ1) is 77.9. The SMILES string of the molecule is CC(C)c1nc(-c2ccccc2)cc(-c2ccccc2)n1.CC(C)c1nc(-c2ccccc2)nc(-c2ccc(-c3ccccc3)cc2)n1.CC(C)c1nc(-c2ccccc2)nc(-c2ccccc2)n1.CC(C)c1nc2c(ccc3ccccc32)nc1-c1ccccc1.CC(C)c1nc2ccc3ccccc3c2nc1-c1ccccc1. The molecule has 0 unspecified atom stereocenters. The molecule has 0 fully saturated rings. The molecule has 0 saturated carbocycles. The number of rotatable bonds is 14. The summed E-state index contributed by atoms with van der Waals surface area (Å²) in [6.07, 6.45) is 0. The maximum Gasteiger partial charge on any atom is 0.163 e. The predicted molar refractivity (Wildman–Crippen MR) is 475 cm³/mol. The number of aromatic nitrogens is 12. The fourth-order valence-electron chi connectivity index (χ4n) is 13.3. The van der Waals surface area contributed by atoms with Gasteiger partial charge in [-0.15, -0.1) is 0 Å². The first-order valence-electron chi connectivity index (χ1n) is 39.5. The monoisotopic (exact) mass is 1500 g/mol. The Kier molecular flexibility index (Phi) is 25.1. The van der Waals surface area contributed by atoms with Crippen molar-refractivity contribution in [3.63, 3.8) is 0 Å². The van der Waals surface area contributed by atoms with Crippen LogP contribution >= 0.6 is 0 Å². The normalized spacial score (nSPS) is 11.1. The van der Waals surface area contributed by atoms with Crippen molar-refractivity contribution in [1.29, 1.82) is 0 Å². The summed E-state index contributed by atoms with van der Waals surface area (Å²) in [4.78, 5) is 57.3. The van der Waals surface area contributed by atoms with Gasteiger partial charge in [0.2, 0.25) is 0 Å². The standard InChI is InChI=1S/C24H21N3.2C21H18N2.C19H18N2.C18H17N3/c1-17(2)22-25-23(20-11-7-4-8-12-20)27-24(26-22)21-15-13-19(14-16-21)18-9-5-3-6-10-18;1-14(2)19-20(16-9-4-3-5-10-16)22-18-13-12-15-8-6-7-11-17(15)21(18)23-19;1-14(2)19-20(16-9-4-3-5-10-16)23-21-17-11-7-6-8-15(17)12-13-18(21)22-19;1-14(2)19-20-17(15-9-5-3-6-10-15)13-18(21-19)16-11-7-4-8-12-16;1-13(2)16-19-17(14-9-5-3-6-10-14)21-18(20-16)15-11-7-4-8-12-15/h3-17H,1-2H3;2*3-14H,1-2H3;3-14H,1-2H3;3-13H,1-2H3. The van der Waals surface area contributed by atoms with Gasteiger partial charge in [0.05, 0.1) is 56.2 Å². The van der Waals surface area contributed by atoms with Crippen LogP contribution in [0.3, 0.4) is 0 Å². The zero-order valence-electron chi connectivity index (χ0n) is 66.7. The van der Waals surface area contributed by atoms with Crippen LogP contribution in [0.15, 0.2) is 346 Å². The van der Waals surface area contributed by atoms with Crippen molar-refractivity contribution in [3.8, 4) is 102 Å². The second-order valence-corrected chi connectivity index (χ2v) is 29.7. The number of hydrogen-bond acceptors (Lipinski definition) is 12. The van der Waals surface area contributed by atoms with Crippen molar-refractivity contribution in [2.75, 3.05) is 0 Å². The molecule has 0 aliphatic heterocycles. The van der Waals surface area contributed by atoms with Crippen LogP contribution in [0.2, 0.25) is 0 Å². The molecular weight excluding hydrogens is 1410 g/mol. The highest BCUT2D eigenvalue weighted by atomic mass is 15.0. The van der Waals surface area contributed by atoms with E-state index in [0.29, 0.717) is 23.6 Å². The molecule has 564 valence electrons. The lowest BCUT2D eigenvalue weighted by Crippen LogP contribution is -2.04. The van der Waals surface area contributed by atoms with Gasteiger partial charge in [0, 0.05) is 73.0 Å². The van der Waals surface area contributed by atoms with Crippen molar-refractivity contribution < 1.29 is 0 Å². The van der Waals surface area contributed by atoms with Crippen LogP contribution in [0.25, 0.3) is 145 Å². The maximum atomic E-state index is 5.03. The van der Waals surface area contributed by atoms with Gasteiger partial charge in [-0.3, -0.25) is 0 Å². The first-order valence-corrected chi connectivity index (χ1v) is 39.5. The number of benzene rings is 13. The summed E-state index contributed by atoms with van der Waals surface area (Å²) in [5, 5.41) is 4.73. The van der Waals surface area contributed by atoms with Gasteiger partial charge >= 0.3 is 0 Å². The maximum absolute atomic E-state index is 5.03. The van der Waals surface area contributed by atoms with E-state index in [0.717, 1.165) is 141 Å². The van der Waals surface area contributed by atoms with Crippen LogP contribution in [-0.2, 0) is 0 Å². The van der Waals surface area contributed by atoms with E-state index in [1.807, 2.05) is 158 Å². The summed E-state index contributed by atoms with van der Waals surface area (Å²) >= 11 is 0. The highest BCUT2D eigenvalue weighted by Gasteiger charge is 2.20. The van der Waals surface area contributed by atoms with E-state index in [1.54, 1.807) is 0 Å². The molecule has 0 aliphatic carbocycles. The molecule has 18 aromatic rings. The second kappa shape index (κ2) is 37.0. The molecule has 0 bridgehead atoms. The van der Waals surface area contributed by atoms with Gasteiger partial charge in [-0.1, -0.05) is 397 Å². The second-order valence-electron chi connectivity index (χ2n) is 29.7. The van der Waals surface area contributed by atoms with Crippen molar-refractivity contribution in [3.05, 3.63) is 375 Å². The Labute approximate surface area is 674 Å². The summed E-state index contributed by atoms with van der Waals surface area (Å²) in [6, 6.07) is 117. The van der Waals surface area contributed by atoms with Crippen LogP contribution in [0, 0.1) is 0 Å². The van der Waals surface area contributed by atoms with E-state index in [1.165, 1.54) is 27.3 Å². The number of hydrogen-bond donors (Lipinski definition) is 0. The van der Waals surface area contributed by atoms with Gasteiger partial charge in [-0.05, 0) is 51.9 Å². The zero-order chi connectivity index (χ0) is 79.6. The Hall–Kier alpha value is -13.8. The molecule has 0 N–H and O–H groups in total. The van der Waals surface area contributed by atoms with Crippen LogP contribution in [0.1, 0.15) is 128 Å². The molecule has 0 amide bonds. The molecule has 12 heteroatoms. The van der Waals surface area contributed by atoms with E-state index in [9.17, 15) is 0 Å². The largest absolute Gasteiger partial charge is 0.249 e. The molecule has 115 heavy (non-hydrogen) atoms. The van der Waals surface area contributed by atoms with Crippen molar-refractivity contribution in [1.82, 2.24) is 59.8 Å². The van der Waals surface area contributed by atoms with E-state index in [-0.39, 0.29) is 11.8 Å². The van der Waals surface area contributed by atoms with Gasteiger partial charge in [0.15, 0.2) is 23.3 Å². The van der Waals surface area contributed by atoms with Crippen molar-refractivity contribution in [2.45, 2.75) is 98.8 Å². The lowest BCUT2D eigenvalue weighted by molar-refractivity contribution is 0.766. The zero-order valence-corrected chi connectivity index (χ0v) is 66.7. The lowest BCUT2D eigenvalue weighted by Gasteiger charge is -2.13. The van der Waals surface area contributed by atoms with Crippen LogP contribution in [0.4, 0.5) is 0 Å². The smallest absolute Gasteiger partial charge is 0.163 e. The van der Waals surface area contributed by atoms with E-state index in [2.05, 4.69) is 277 Å². The summed E-state index contributed by atoms with van der Waals surface area (Å²) in [6.45, 7) is 21.3.